The van der Waals surface area contributed by atoms with Crippen molar-refractivity contribution in [3.63, 3.8) is 0 Å². The zero-order chi connectivity index (χ0) is 21.1. The predicted molar refractivity (Wildman–Crippen MR) is 121 cm³/mol. The molecule has 2 heterocycles. The highest BCUT2D eigenvalue weighted by molar-refractivity contribution is 14.0. The van der Waals surface area contributed by atoms with Crippen LogP contribution in [0, 0.1) is 0 Å². The molecule has 7 nitrogen and oxygen atoms in total. The largest absolute Gasteiger partial charge is 0.511 e. The Morgan fingerprint density at radius 3 is 2.53 bits per heavy atom. The maximum absolute atomic E-state index is 12.7. The smallest absolute Gasteiger partial charge is 0.357 e. The lowest BCUT2D eigenvalue weighted by molar-refractivity contribution is -0.0494. The van der Waals surface area contributed by atoms with Crippen LogP contribution in [-0.4, -0.2) is 54.9 Å². The molecule has 0 aliphatic carbocycles. The van der Waals surface area contributed by atoms with Crippen molar-refractivity contribution < 1.29 is 21.6 Å². The molecule has 0 unspecified atom stereocenters. The van der Waals surface area contributed by atoms with Crippen molar-refractivity contribution in [3.8, 4) is 0 Å². The summed E-state index contributed by atoms with van der Waals surface area (Å²) in [5, 5.41) is 7.40. The summed E-state index contributed by atoms with van der Waals surface area (Å²) in [6, 6.07) is 9.75. The fourth-order valence-corrected chi connectivity index (χ4v) is 4.27. The van der Waals surface area contributed by atoms with Crippen molar-refractivity contribution >= 4 is 50.9 Å². The Kier molecular flexibility index (Phi) is 8.39. The van der Waals surface area contributed by atoms with Crippen LogP contribution in [0.4, 0.5) is 13.2 Å². The molecule has 30 heavy (non-hydrogen) atoms. The number of benzene rings is 1. The van der Waals surface area contributed by atoms with E-state index in [1.54, 1.807) is 0 Å². The average molecular weight is 559 g/mol. The summed E-state index contributed by atoms with van der Waals surface area (Å²) in [5.74, 6) is 0.545. The number of aromatic amines is 1. The molecule has 1 aromatic carbocycles. The zero-order valence-electron chi connectivity index (χ0n) is 16.4. The van der Waals surface area contributed by atoms with Crippen molar-refractivity contribution in [1.82, 2.24) is 19.9 Å². The highest BCUT2D eigenvalue weighted by Crippen LogP contribution is 2.28. The molecule has 3 N–H and O–H groups in total. The van der Waals surface area contributed by atoms with E-state index in [-0.39, 0.29) is 55.9 Å². The van der Waals surface area contributed by atoms with Crippen LogP contribution in [0.1, 0.15) is 25.5 Å². The Morgan fingerprint density at radius 1 is 1.27 bits per heavy atom. The number of rotatable bonds is 5. The predicted octanol–water partition coefficient (Wildman–Crippen LogP) is 3.16. The van der Waals surface area contributed by atoms with Crippen LogP contribution in [0.5, 0.6) is 0 Å². The molecule has 1 saturated heterocycles. The summed E-state index contributed by atoms with van der Waals surface area (Å²) in [4.78, 5) is 7.82. The van der Waals surface area contributed by atoms with Gasteiger partial charge in [0.25, 0.3) is 0 Å². The number of hydrogen-bond acceptors (Lipinski definition) is 3. The summed E-state index contributed by atoms with van der Waals surface area (Å²) in [7, 11) is -5.27. The molecule has 0 amide bonds. The number of nitrogens with zero attached hydrogens (tertiary/aromatic N) is 2. The SMILES string of the molecule is CCNC(=NCc1cc2ccccc2[nH]1)NC1CCN(S(=O)(=O)C(F)(F)F)CC1.I. The number of sulfonamides is 1. The van der Waals surface area contributed by atoms with E-state index < -0.39 is 15.5 Å². The number of hydrogen-bond donors (Lipinski definition) is 3. The van der Waals surface area contributed by atoms with E-state index in [9.17, 15) is 21.6 Å². The van der Waals surface area contributed by atoms with Gasteiger partial charge >= 0.3 is 15.5 Å². The molecule has 0 saturated carbocycles. The number of fused-ring (bicyclic) bond motifs is 1. The van der Waals surface area contributed by atoms with Crippen molar-refractivity contribution in [2.45, 2.75) is 37.9 Å². The fraction of sp³-hybridized carbons (Fsp3) is 0.500. The molecule has 1 aliphatic heterocycles. The second-order valence-corrected chi connectivity index (χ2v) is 8.77. The minimum absolute atomic E-state index is 0. The van der Waals surface area contributed by atoms with E-state index in [2.05, 4.69) is 20.6 Å². The van der Waals surface area contributed by atoms with Crippen LogP contribution in [-0.2, 0) is 16.6 Å². The number of piperidine rings is 1. The third-order valence-electron chi connectivity index (χ3n) is 4.76. The molecule has 3 rings (SSSR count). The lowest BCUT2D eigenvalue weighted by Crippen LogP contribution is -2.51. The Labute approximate surface area is 190 Å². The van der Waals surface area contributed by atoms with E-state index in [4.69, 9.17) is 0 Å². The summed E-state index contributed by atoms with van der Waals surface area (Å²) in [5.41, 5.74) is -3.30. The molecule has 1 aliphatic rings. The van der Waals surface area contributed by atoms with Crippen LogP contribution >= 0.6 is 24.0 Å². The summed E-state index contributed by atoms with van der Waals surface area (Å²) in [6.45, 7) is 2.59. The Morgan fingerprint density at radius 2 is 1.93 bits per heavy atom. The molecule has 12 heteroatoms. The van der Waals surface area contributed by atoms with Crippen LogP contribution < -0.4 is 10.6 Å². The molecule has 0 radical (unpaired) electrons. The molecule has 1 aromatic heterocycles. The number of halogens is 4. The first-order chi connectivity index (χ1) is 13.7. The van der Waals surface area contributed by atoms with E-state index in [1.165, 1.54) is 0 Å². The lowest BCUT2D eigenvalue weighted by atomic mass is 10.1. The van der Waals surface area contributed by atoms with Crippen LogP contribution in [0.25, 0.3) is 10.9 Å². The third kappa shape index (κ3) is 5.78. The summed E-state index contributed by atoms with van der Waals surface area (Å²) >= 11 is 0. The standard InChI is InChI=1S/C18H24F3N5O2S.HI/c1-2-22-17(23-12-15-11-13-5-3-4-6-16(13)24-15)25-14-7-9-26(10-8-14)29(27,28)18(19,20)21;/h3-6,11,14,24H,2,7-10,12H2,1H3,(H2,22,23,25);1H. The van der Waals surface area contributed by atoms with Gasteiger partial charge in [-0.2, -0.15) is 17.5 Å². The molecule has 1 fully saturated rings. The van der Waals surface area contributed by atoms with Gasteiger partial charge in [-0.1, -0.05) is 18.2 Å². The zero-order valence-corrected chi connectivity index (χ0v) is 19.5. The fourth-order valence-electron chi connectivity index (χ4n) is 3.28. The van der Waals surface area contributed by atoms with Gasteiger partial charge in [0.1, 0.15) is 0 Å². The van der Waals surface area contributed by atoms with Crippen LogP contribution in [0.15, 0.2) is 35.3 Å². The van der Waals surface area contributed by atoms with Crippen molar-refractivity contribution in [2.75, 3.05) is 19.6 Å². The minimum Gasteiger partial charge on any atom is -0.357 e. The third-order valence-corrected chi connectivity index (χ3v) is 6.39. The van der Waals surface area contributed by atoms with Crippen LogP contribution in [0.2, 0.25) is 0 Å². The van der Waals surface area contributed by atoms with Crippen molar-refractivity contribution in [3.05, 3.63) is 36.0 Å². The molecule has 0 spiro atoms. The topological polar surface area (TPSA) is 89.6 Å². The number of alkyl halides is 3. The number of nitrogens with one attached hydrogen (secondary N) is 3. The quantitative estimate of drug-likeness (QED) is 0.299. The molecular weight excluding hydrogens is 534 g/mol. The van der Waals surface area contributed by atoms with Gasteiger partial charge < -0.3 is 15.6 Å². The normalized spacial score (nSPS) is 17.0. The van der Waals surface area contributed by atoms with E-state index in [1.807, 2.05) is 37.3 Å². The molecule has 0 atom stereocenters. The van der Waals surface area contributed by atoms with Crippen molar-refractivity contribution in [2.24, 2.45) is 4.99 Å². The van der Waals surface area contributed by atoms with Gasteiger partial charge in [0.05, 0.1) is 6.54 Å². The molecular formula is C18H25F3IN5O2S. The van der Waals surface area contributed by atoms with Gasteiger partial charge in [-0.3, -0.25) is 0 Å². The maximum atomic E-state index is 12.7. The number of aliphatic imine (C=N–C) groups is 1. The van der Waals surface area contributed by atoms with Crippen LogP contribution in [0.3, 0.4) is 0 Å². The number of para-hydroxylation sites is 1. The van der Waals surface area contributed by atoms with Gasteiger partial charge in [-0.15, -0.1) is 24.0 Å². The first-order valence-electron chi connectivity index (χ1n) is 9.38. The van der Waals surface area contributed by atoms with Gasteiger partial charge in [-0.05, 0) is 37.3 Å². The molecule has 2 aromatic rings. The second kappa shape index (κ2) is 10.2. The first kappa shape index (κ1) is 24.7. The van der Waals surface area contributed by atoms with Gasteiger partial charge in [-0.25, -0.2) is 13.4 Å². The summed E-state index contributed by atoms with van der Waals surface area (Å²) in [6.07, 6.45) is 0.540. The van der Waals surface area contributed by atoms with Gasteiger partial charge in [0.15, 0.2) is 5.96 Å². The number of guanidine groups is 1. The highest BCUT2D eigenvalue weighted by atomic mass is 127. The Bertz CT molecular complexity index is 937. The average Bonchev–Trinajstić information content (AvgIpc) is 3.09. The second-order valence-electron chi connectivity index (χ2n) is 6.85. The maximum Gasteiger partial charge on any atom is 0.511 e. The summed E-state index contributed by atoms with van der Waals surface area (Å²) < 4.78 is 61.6. The van der Waals surface area contributed by atoms with Gasteiger partial charge in [0, 0.05) is 36.9 Å². The number of aromatic nitrogens is 1. The highest BCUT2D eigenvalue weighted by Gasteiger charge is 2.50. The first-order valence-corrected chi connectivity index (χ1v) is 10.8. The van der Waals surface area contributed by atoms with E-state index in [0.717, 1.165) is 16.6 Å². The van der Waals surface area contributed by atoms with E-state index >= 15 is 0 Å². The lowest BCUT2D eigenvalue weighted by Gasteiger charge is -2.32. The Balaban J connectivity index is 0.00000320. The number of H-pyrrole nitrogens is 1. The molecule has 0 bridgehead atoms. The van der Waals surface area contributed by atoms with Gasteiger partial charge in [0.2, 0.25) is 0 Å². The van der Waals surface area contributed by atoms with E-state index in [0.29, 0.717) is 23.4 Å². The monoisotopic (exact) mass is 559 g/mol. The molecule has 168 valence electrons. The Hall–Kier alpha value is -1.54. The minimum atomic E-state index is -5.27. The van der Waals surface area contributed by atoms with Crippen molar-refractivity contribution in [1.29, 1.82) is 0 Å².